The fourth-order valence-electron chi connectivity index (χ4n) is 4.26. The molecule has 0 atom stereocenters. The van der Waals surface area contributed by atoms with Crippen LogP contribution in [0.3, 0.4) is 0 Å². The van der Waals surface area contributed by atoms with Crippen molar-refractivity contribution in [3.8, 4) is 34.4 Å². The number of rotatable bonds is 8. The molecule has 0 saturated carbocycles. The van der Waals surface area contributed by atoms with Gasteiger partial charge in [-0.2, -0.15) is 9.78 Å². The molecule has 1 aromatic heterocycles. The fourth-order valence-corrected chi connectivity index (χ4v) is 5.60. The normalized spacial score (nSPS) is 11.1. The largest absolute Gasteiger partial charge is 0.493 e. The SMILES string of the molecule is COc1cc(-c2nc3ccccc3c(=O)n2N=Cc2cc(Br)cc(Br)c2OC(=O)c2ccccc2)cc(OC)c1OC. The van der Waals surface area contributed by atoms with Crippen LogP contribution in [0.25, 0.3) is 22.3 Å². The lowest BCUT2D eigenvalue weighted by molar-refractivity contribution is 0.0733. The topological polar surface area (TPSA) is 101 Å². The molecule has 0 bridgehead atoms. The van der Waals surface area contributed by atoms with Crippen molar-refractivity contribution in [1.29, 1.82) is 0 Å². The second-order valence-corrected chi connectivity index (χ2v) is 10.6. The van der Waals surface area contributed by atoms with E-state index >= 15 is 0 Å². The van der Waals surface area contributed by atoms with Gasteiger partial charge < -0.3 is 18.9 Å². The second kappa shape index (κ2) is 12.6. The number of carbonyl (C=O) groups excluding carboxylic acids is 1. The first-order valence-corrected chi connectivity index (χ1v) is 14.1. The number of ether oxygens (including phenoxy) is 4. The van der Waals surface area contributed by atoms with Crippen molar-refractivity contribution in [2.75, 3.05) is 21.3 Å². The number of aromatic nitrogens is 2. The summed E-state index contributed by atoms with van der Waals surface area (Å²) < 4.78 is 24.7. The van der Waals surface area contributed by atoms with Gasteiger partial charge in [-0.3, -0.25) is 4.79 Å². The number of carbonyl (C=O) groups is 1. The van der Waals surface area contributed by atoms with Crippen LogP contribution in [0.15, 0.2) is 97.7 Å². The Kier molecular flexibility index (Phi) is 8.69. The maximum atomic E-state index is 13.8. The Morgan fingerprint density at radius 2 is 1.52 bits per heavy atom. The highest BCUT2D eigenvalue weighted by molar-refractivity contribution is 9.11. The number of nitrogens with zero attached hydrogens (tertiary/aromatic N) is 3. The smallest absolute Gasteiger partial charge is 0.343 e. The molecule has 1 heterocycles. The highest BCUT2D eigenvalue weighted by Crippen LogP contribution is 2.41. The van der Waals surface area contributed by atoms with E-state index in [1.54, 1.807) is 72.8 Å². The van der Waals surface area contributed by atoms with E-state index in [4.69, 9.17) is 23.9 Å². The standard InChI is InChI=1S/C31H23Br2N3O6/c1-39-25-14-19(15-26(40-2)28(25)41-3)29-35-24-12-8-7-11-22(24)30(37)36(29)34-17-20-13-21(32)16-23(33)27(20)42-31(38)18-9-5-4-6-10-18/h4-17H,1-3H3. The zero-order chi connectivity index (χ0) is 29.8. The van der Waals surface area contributed by atoms with Crippen LogP contribution >= 0.6 is 31.9 Å². The van der Waals surface area contributed by atoms with Gasteiger partial charge in [-0.1, -0.05) is 46.3 Å². The maximum absolute atomic E-state index is 13.8. The first-order valence-electron chi connectivity index (χ1n) is 12.5. The van der Waals surface area contributed by atoms with Gasteiger partial charge in [0.05, 0.1) is 48.5 Å². The molecular formula is C31H23Br2N3O6. The number of benzene rings is 4. The number of para-hydroxylation sites is 1. The molecule has 9 nitrogen and oxygen atoms in total. The van der Waals surface area contributed by atoms with Crippen LogP contribution in [0.1, 0.15) is 15.9 Å². The molecule has 0 aliphatic carbocycles. The number of esters is 1. The highest BCUT2D eigenvalue weighted by Gasteiger charge is 2.20. The molecule has 0 unspecified atom stereocenters. The van der Waals surface area contributed by atoms with Crippen LogP contribution < -0.4 is 24.5 Å². The molecule has 212 valence electrons. The van der Waals surface area contributed by atoms with E-state index in [9.17, 15) is 9.59 Å². The van der Waals surface area contributed by atoms with E-state index in [1.165, 1.54) is 32.2 Å². The summed E-state index contributed by atoms with van der Waals surface area (Å²) >= 11 is 6.95. The summed E-state index contributed by atoms with van der Waals surface area (Å²) in [7, 11) is 4.51. The van der Waals surface area contributed by atoms with Crippen molar-refractivity contribution in [3.63, 3.8) is 0 Å². The Labute approximate surface area is 257 Å². The number of hydrogen-bond donors (Lipinski definition) is 0. The average molecular weight is 693 g/mol. The van der Waals surface area contributed by atoms with Crippen molar-refractivity contribution >= 4 is 54.9 Å². The van der Waals surface area contributed by atoms with Crippen molar-refractivity contribution in [2.45, 2.75) is 0 Å². The van der Waals surface area contributed by atoms with Crippen LogP contribution in [0.2, 0.25) is 0 Å². The summed E-state index contributed by atoms with van der Waals surface area (Å²) in [6.45, 7) is 0. The first kappa shape index (κ1) is 29.0. The predicted molar refractivity (Wildman–Crippen MR) is 167 cm³/mol. The molecule has 0 aliphatic heterocycles. The van der Waals surface area contributed by atoms with Gasteiger partial charge in [0.15, 0.2) is 23.1 Å². The Balaban J connectivity index is 1.68. The van der Waals surface area contributed by atoms with E-state index < -0.39 is 11.5 Å². The monoisotopic (exact) mass is 691 g/mol. The van der Waals surface area contributed by atoms with Crippen LogP contribution in [0.5, 0.6) is 23.0 Å². The molecule has 5 aromatic rings. The Morgan fingerprint density at radius 1 is 0.857 bits per heavy atom. The van der Waals surface area contributed by atoms with Gasteiger partial charge in [0, 0.05) is 15.6 Å². The summed E-state index contributed by atoms with van der Waals surface area (Å²) in [4.78, 5) is 31.4. The molecule has 0 radical (unpaired) electrons. The van der Waals surface area contributed by atoms with E-state index in [0.717, 1.165) is 0 Å². The molecule has 0 aliphatic rings. The molecule has 42 heavy (non-hydrogen) atoms. The summed E-state index contributed by atoms with van der Waals surface area (Å²) in [5.41, 5.74) is 1.39. The second-order valence-electron chi connectivity index (χ2n) is 8.79. The van der Waals surface area contributed by atoms with Crippen molar-refractivity contribution < 1.29 is 23.7 Å². The summed E-state index contributed by atoms with van der Waals surface area (Å²) in [5.74, 6) is 1.08. The molecule has 0 saturated heterocycles. The van der Waals surface area contributed by atoms with Gasteiger partial charge in [0.1, 0.15) is 0 Å². The van der Waals surface area contributed by atoms with E-state index in [-0.39, 0.29) is 11.6 Å². The fraction of sp³-hybridized carbons (Fsp3) is 0.0968. The molecule has 0 amide bonds. The van der Waals surface area contributed by atoms with Gasteiger partial charge in [0.25, 0.3) is 5.56 Å². The summed E-state index contributed by atoms with van der Waals surface area (Å²) in [6, 6.07) is 22.5. The third-order valence-electron chi connectivity index (χ3n) is 6.23. The molecule has 0 spiro atoms. The van der Waals surface area contributed by atoms with Crippen molar-refractivity contribution in [2.24, 2.45) is 5.10 Å². The van der Waals surface area contributed by atoms with Crippen molar-refractivity contribution in [3.05, 3.63) is 109 Å². The number of halogens is 2. The number of fused-ring (bicyclic) bond motifs is 1. The molecular weight excluding hydrogens is 670 g/mol. The third kappa shape index (κ3) is 5.79. The van der Waals surface area contributed by atoms with Crippen LogP contribution in [0.4, 0.5) is 0 Å². The molecule has 5 rings (SSSR count). The minimum atomic E-state index is -0.545. The zero-order valence-corrected chi connectivity index (χ0v) is 25.8. The van der Waals surface area contributed by atoms with Crippen LogP contribution in [-0.2, 0) is 0 Å². The minimum Gasteiger partial charge on any atom is -0.493 e. The van der Waals surface area contributed by atoms with Crippen LogP contribution in [0, 0.1) is 0 Å². The average Bonchev–Trinajstić information content (AvgIpc) is 3.01. The van der Waals surface area contributed by atoms with Gasteiger partial charge in [-0.25, -0.2) is 9.78 Å². The lowest BCUT2D eigenvalue weighted by atomic mass is 10.1. The molecule has 0 fully saturated rings. The number of hydrogen-bond acceptors (Lipinski definition) is 8. The lowest BCUT2D eigenvalue weighted by Crippen LogP contribution is -2.20. The van der Waals surface area contributed by atoms with Crippen LogP contribution in [-0.4, -0.2) is 43.2 Å². The predicted octanol–water partition coefficient (Wildman–Crippen LogP) is 6.72. The lowest BCUT2D eigenvalue weighted by Gasteiger charge is -2.15. The maximum Gasteiger partial charge on any atom is 0.343 e. The van der Waals surface area contributed by atoms with Crippen molar-refractivity contribution in [1.82, 2.24) is 9.66 Å². The van der Waals surface area contributed by atoms with Gasteiger partial charge in [0.2, 0.25) is 5.75 Å². The summed E-state index contributed by atoms with van der Waals surface area (Å²) in [5, 5.41) is 4.92. The minimum absolute atomic E-state index is 0.228. The Morgan fingerprint density at radius 3 is 2.19 bits per heavy atom. The molecule has 11 heteroatoms. The number of methoxy groups -OCH3 is 3. The molecule has 4 aromatic carbocycles. The van der Waals surface area contributed by atoms with Gasteiger partial charge in [-0.15, -0.1) is 0 Å². The third-order valence-corrected chi connectivity index (χ3v) is 7.28. The van der Waals surface area contributed by atoms with E-state index in [0.29, 0.717) is 53.8 Å². The van der Waals surface area contributed by atoms with E-state index in [1.807, 2.05) is 6.07 Å². The highest BCUT2D eigenvalue weighted by atomic mass is 79.9. The molecule has 0 N–H and O–H groups in total. The zero-order valence-electron chi connectivity index (χ0n) is 22.6. The Hall–Kier alpha value is -4.48. The summed E-state index contributed by atoms with van der Waals surface area (Å²) in [6.07, 6.45) is 1.43. The van der Waals surface area contributed by atoms with E-state index in [2.05, 4.69) is 37.0 Å². The van der Waals surface area contributed by atoms with Gasteiger partial charge in [-0.05, 0) is 64.5 Å². The van der Waals surface area contributed by atoms with Gasteiger partial charge >= 0.3 is 5.97 Å². The Bertz CT molecular complexity index is 1870. The first-order chi connectivity index (χ1) is 20.3. The quantitative estimate of drug-likeness (QED) is 0.101.